The minimum absolute atomic E-state index is 0.206. The fourth-order valence-corrected chi connectivity index (χ4v) is 13.4. The van der Waals surface area contributed by atoms with Gasteiger partial charge >= 0.3 is 0 Å². The Labute approximate surface area is 492 Å². The lowest BCUT2D eigenvalue weighted by Gasteiger charge is -2.34. The van der Waals surface area contributed by atoms with Crippen LogP contribution in [0.15, 0.2) is 295 Å². The molecule has 4 aliphatic rings. The summed E-state index contributed by atoms with van der Waals surface area (Å²) in [6, 6.07) is 77.5. The molecule has 10 aromatic rings. The number of fused-ring (bicyclic) bond motifs is 10. The normalized spacial score (nSPS) is 17.4. The Bertz CT molecular complexity index is 3860. The van der Waals surface area contributed by atoms with Gasteiger partial charge in [0.05, 0.1) is 67.2 Å². The lowest BCUT2D eigenvalue weighted by molar-refractivity contribution is 0.0442. The van der Waals surface area contributed by atoms with E-state index in [4.69, 9.17) is 33.2 Å². The maximum Gasteiger partial charge on any atom is 0.127 e. The summed E-state index contributed by atoms with van der Waals surface area (Å²) < 4.78 is 38.4. The Morgan fingerprint density at radius 1 is 0.357 bits per heavy atom. The lowest BCUT2D eigenvalue weighted by Crippen LogP contribution is -2.30. The molecule has 4 atom stereocenters. The summed E-state index contributed by atoms with van der Waals surface area (Å²) in [5.41, 5.74) is 14.1. The zero-order valence-electron chi connectivity index (χ0n) is 46.8. The molecule has 0 amide bonds. The molecular weight excluding hydrogens is 1040 g/mol. The molecule has 414 valence electrons. The van der Waals surface area contributed by atoms with Crippen molar-refractivity contribution in [2.75, 3.05) is 6.61 Å². The molecule has 2 aliphatic heterocycles. The van der Waals surface area contributed by atoms with E-state index in [0.29, 0.717) is 18.6 Å². The third-order valence-electron chi connectivity index (χ3n) is 16.8. The first kappa shape index (κ1) is 54.5. The van der Waals surface area contributed by atoms with Crippen molar-refractivity contribution in [2.45, 2.75) is 42.0 Å². The first-order valence-corrected chi connectivity index (χ1v) is 28.3. The van der Waals surface area contributed by atoms with Crippen LogP contribution in [-0.2, 0) is 25.0 Å². The monoisotopic (exact) mass is 1100 g/mol. The second kappa shape index (κ2) is 23.8. The van der Waals surface area contributed by atoms with Gasteiger partial charge in [-0.3, -0.25) is 0 Å². The van der Waals surface area contributed by atoms with Gasteiger partial charge in [-0.05, 0) is 155 Å². The molecule has 2 bridgehead atoms. The summed E-state index contributed by atoms with van der Waals surface area (Å²) in [5, 5.41) is 4.58. The van der Waals surface area contributed by atoms with Crippen LogP contribution in [0.1, 0.15) is 57.3 Å². The van der Waals surface area contributed by atoms with Crippen molar-refractivity contribution < 1.29 is 33.2 Å². The average molecular weight is 1100 g/mol. The molecule has 4 unspecified atom stereocenters. The third-order valence-corrected chi connectivity index (χ3v) is 16.8. The topological polar surface area (TPSA) is 64.6 Å². The van der Waals surface area contributed by atoms with Crippen LogP contribution in [0.25, 0.3) is 43.8 Å². The van der Waals surface area contributed by atoms with Crippen LogP contribution >= 0.6 is 0 Å². The third kappa shape index (κ3) is 9.72. The van der Waals surface area contributed by atoms with Gasteiger partial charge in [0.15, 0.2) is 0 Å². The van der Waals surface area contributed by atoms with Crippen molar-refractivity contribution in [1.82, 2.24) is 0 Å². The zero-order chi connectivity index (χ0) is 57.6. The fraction of sp³-hybridized carbons (Fsp3) is 0.117. The van der Waals surface area contributed by atoms with Crippen LogP contribution in [-0.4, -0.2) is 24.9 Å². The molecule has 2 aliphatic carbocycles. The fourth-order valence-electron chi connectivity index (χ4n) is 13.4. The number of rotatable bonds is 17. The van der Waals surface area contributed by atoms with E-state index >= 15 is 0 Å². The van der Waals surface area contributed by atoms with Crippen molar-refractivity contribution in [3.8, 4) is 45.3 Å². The van der Waals surface area contributed by atoms with Gasteiger partial charge in [-0.1, -0.05) is 197 Å². The molecule has 0 aromatic heterocycles. The van der Waals surface area contributed by atoms with Gasteiger partial charge in [0.25, 0.3) is 0 Å². The van der Waals surface area contributed by atoms with Crippen molar-refractivity contribution in [3.63, 3.8) is 0 Å². The molecule has 0 N–H and O–H groups in total. The quantitative estimate of drug-likeness (QED) is 0.0842. The molecule has 0 radical (unpaired) electrons. The summed E-state index contributed by atoms with van der Waals surface area (Å²) >= 11 is 0. The Balaban J connectivity index is 0.000000137. The van der Waals surface area contributed by atoms with Gasteiger partial charge in [-0.2, -0.15) is 0 Å². The van der Waals surface area contributed by atoms with Crippen molar-refractivity contribution in [2.24, 2.45) is 5.92 Å². The van der Waals surface area contributed by atoms with Crippen LogP contribution in [0, 0.1) is 5.92 Å². The van der Waals surface area contributed by atoms with E-state index in [9.17, 15) is 0 Å². The maximum atomic E-state index is 5.76. The second-order valence-electron chi connectivity index (χ2n) is 21.1. The van der Waals surface area contributed by atoms with Gasteiger partial charge in [-0.15, -0.1) is 0 Å². The van der Waals surface area contributed by atoms with E-state index < -0.39 is 10.8 Å². The number of hydrogen-bond donors (Lipinski definition) is 0. The zero-order valence-corrected chi connectivity index (χ0v) is 46.8. The molecule has 0 saturated carbocycles. The summed E-state index contributed by atoms with van der Waals surface area (Å²) in [6.07, 6.45) is 11.5. The standard InChI is InChI=1S/C37H26O2.C29H22O2.C11H16O3/c1-3-38-31-19-15-25-21-29(17-13-27(25)23-31)37(30-18-14-28-24-32(39-4-2)20-16-26(28)22-30)35-11-7-5-9-33(35)34-10-6-8-12-36(34)37;1-3-30-23-17-13-21(14-18-23)29(22-15-19-24(20-16-22)31-4-2)27-11-7-5-9-25(27)26-10-6-8-12-28(26)29;1-3-12-7-8-5-11-10(13-4-2)6-9(8)14-11/h3-24H,1-2H2;3-20H,1-2H2;3-4,8-11H,1-2,5-7H2. The smallest absolute Gasteiger partial charge is 0.127 e. The Morgan fingerprint density at radius 2 is 0.714 bits per heavy atom. The van der Waals surface area contributed by atoms with Gasteiger partial charge in [0.1, 0.15) is 29.1 Å². The van der Waals surface area contributed by atoms with Crippen LogP contribution in [0.3, 0.4) is 0 Å². The molecule has 7 heteroatoms. The van der Waals surface area contributed by atoms with Crippen LogP contribution in [0.2, 0.25) is 0 Å². The second-order valence-corrected chi connectivity index (χ2v) is 21.1. The molecule has 84 heavy (non-hydrogen) atoms. The highest BCUT2D eigenvalue weighted by Gasteiger charge is 2.49. The first-order chi connectivity index (χ1) is 41.3. The van der Waals surface area contributed by atoms with E-state index in [1.807, 2.05) is 36.4 Å². The van der Waals surface area contributed by atoms with Crippen molar-refractivity contribution >= 4 is 21.5 Å². The molecule has 2 saturated heterocycles. The largest absolute Gasteiger partial charge is 0.501 e. The Morgan fingerprint density at radius 3 is 1.10 bits per heavy atom. The molecule has 2 fully saturated rings. The van der Waals surface area contributed by atoms with Crippen molar-refractivity contribution in [1.29, 1.82) is 0 Å². The predicted molar refractivity (Wildman–Crippen MR) is 338 cm³/mol. The Hall–Kier alpha value is -10.1. The maximum absolute atomic E-state index is 5.76. The van der Waals surface area contributed by atoms with E-state index in [-0.39, 0.29) is 12.2 Å². The molecular formula is C77H64O7. The highest BCUT2D eigenvalue weighted by molar-refractivity contribution is 5.92. The SMILES string of the molecule is C=COCC1CC2OC1CC2OC=C.C=COc1ccc(C2(c3ccc(OC=C)cc3)c3ccccc3-c3ccccc32)cc1.C=COc1ccc2cc(C3(c4ccc5cc(OC=C)ccc5c4)c4ccccc4-c4ccccc43)ccc2c1. The Kier molecular flexibility index (Phi) is 15.4. The van der Waals surface area contributed by atoms with E-state index in [1.165, 1.54) is 104 Å². The highest BCUT2D eigenvalue weighted by atomic mass is 16.6. The molecule has 2 heterocycles. The van der Waals surface area contributed by atoms with Crippen molar-refractivity contribution in [3.05, 3.63) is 340 Å². The minimum Gasteiger partial charge on any atom is -0.501 e. The van der Waals surface area contributed by atoms with E-state index in [0.717, 1.165) is 57.4 Å². The van der Waals surface area contributed by atoms with E-state index in [1.54, 1.807) is 0 Å². The summed E-state index contributed by atoms with van der Waals surface area (Å²) in [6.45, 7) is 22.5. The average Bonchev–Trinajstić information content (AvgIpc) is 1.61. The van der Waals surface area contributed by atoms with E-state index in [2.05, 4.69) is 221 Å². The molecule has 10 aromatic carbocycles. The minimum atomic E-state index is -0.470. The van der Waals surface area contributed by atoms with Gasteiger partial charge in [0.2, 0.25) is 0 Å². The van der Waals surface area contributed by atoms with Crippen LogP contribution in [0.5, 0.6) is 23.0 Å². The number of benzene rings is 10. The first-order valence-electron chi connectivity index (χ1n) is 28.3. The van der Waals surface area contributed by atoms with Gasteiger partial charge < -0.3 is 33.2 Å². The number of hydrogen-bond acceptors (Lipinski definition) is 7. The lowest BCUT2D eigenvalue weighted by atomic mass is 9.67. The molecule has 7 nitrogen and oxygen atoms in total. The van der Waals surface area contributed by atoms with Crippen LogP contribution in [0.4, 0.5) is 0 Å². The summed E-state index contributed by atoms with van der Waals surface area (Å²) in [5.74, 6) is 3.60. The molecule has 14 rings (SSSR count). The molecule has 0 spiro atoms. The van der Waals surface area contributed by atoms with Gasteiger partial charge in [0, 0.05) is 12.3 Å². The predicted octanol–water partition coefficient (Wildman–Crippen LogP) is 18.3. The number of ether oxygens (including phenoxy) is 7. The van der Waals surface area contributed by atoms with Crippen LogP contribution < -0.4 is 18.9 Å². The summed E-state index contributed by atoms with van der Waals surface area (Å²) in [4.78, 5) is 0. The van der Waals surface area contributed by atoms with Gasteiger partial charge in [-0.25, -0.2) is 0 Å². The highest BCUT2D eigenvalue weighted by Crippen LogP contribution is 2.58. The summed E-state index contributed by atoms with van der Waals surface area (Å²) in [7, 11) is 0.